The second kappa shape index (κ2) is 5.98. The molecule has 3 rings (SSSR count). The highest BCUT2D eigenvalue weighted by atomic mass is 32.1. The number of rotatable bonds is 3. The number of carbonyl (C=O) groups excluding carboxylic acids is 1. The lowest BCUT2D eigenvalue weighted by Crippen LogP contribution is -2.15. The first-order chi connectivity index (χ1) is 10.5. The van der Waals surface area contributed by atoms with Crippen LogP contribution < -0.4 is 5.32 Å². The van der Waals surface area contributed by atoms with Crippen LogP contribution in [0, 0.1) is 20.8 Å². The quantitative estimate of drug-likeness (QED) is 0.772. The van der Waals surface area contributed by atoms with Crippen LogP contribution in [0.15, 0.2) is 29.0 Å². The fourth-order valence-corrected chi connectivity index (χ4v) is 3.90. The predicted molar refractivity (Wildman–Crippen MR) is 91.8 cm³/mol. The summed E-state index contributed by atoms with van der Waals surface area (Å²) in [5.74, 6) is -0.198. The molecule has 0 unspecified atom stereocenters. The Morgan fingerprint density at radius 1 is 1.18 bits per heavy atom. The SMILES string of the molecule is Cc1cc(C)c(NC(=O)c2csc(-c3cccs3)n2)c(C)n1. The Hall–Kier alpha value is -2.05. The molecule has 0 aromatic carbocycles. The van der Waals surface area contributed by atoms with E-state index in [0.29, 0.717) is 5.69 Å². The molecule has 3 heterocycles. The molecule has 3 aromatic heterocycles. The van der Waals surface area contributed by atoms with Gasteiger partial charge in [0.25, 0.3) is 5.91 Å². The molecule has 0 bridgehead atoms. The monoisotopic (exact) mass is 329 g/mol. The first-order valence-corrected chi connectivity index (χ1v) is 8.56. The Morgan fingerprint density at radius 3 is 2.68 bits per heavy atom. The molecule has 0 aliphatic heterocycles. The summed E-state index contributed by atoms with van der Waals surface area (Å²) in [6, 6.07) is 5.94. The van der Waals surface area contributed by atoms with Gasteiger partial charge in [0.1, 0.15) is 10.7 Å². The summed E-state index contributed by atoms with van der Waals surface area (Å²) in [7, 11) is 0. The minimum absolute atomic E-state index is 0.198. The summed E-state index contributed by atoms with van der Waals surface area (Å²) in [5, 5.41) is 7.59. The summed E-state index contributed by atoms with van der Waals surface area (Å²) in [4.78, 5) is 22.3. The Kier molecular flexibility index (Phi) is 4.04. The van der Waals surface area contributed by atoms with Gasteiger partial charge >= 0.3 is 0 Å². The van der Waals surface area contributed by atoms with E-state index in [9.17, 15) is 4.79 Å². The summed E-state index contributed by atoms with van der Waals surface area (Å²) in [6.45, 7) is 5.81. The van der Waals surface area contributed by atoms with Gasteiger partial charge in [-0.25, -0.2) is 4.98 Å². The lowest BCUT2D eigenvalue weighted by molar-refractivity contribution is 0.102. The molecule has 0 atom stereocenters. The number of nitrogens with zero attached hydrogens (tertiary/aromatic N) is 2. The van der Waals surface area contributed by atoms with Gasteiger partial charge in [-0.2, -0.15) is 0 Å². The van der Waals surface area contributed by atoms with Gasteiger partial charge in [-0.15, -0.1) is 22.7 Å². The number of nitrogens with one attached hydrogen (secondary N) is 1. The number of thiazole rings is 1. The van der Waals surface area contributed by atoms with E-state index in [1.165, 1.54) is 11.3 Å². The normalized spacial score (nSPS) is 10.7. The predicted octanol–water partition coefficient (Wildman–Crippen LogP) is 4.44. The zero-order chi connectivity index (χ0) is 15.7. The van der Waals surface area contributed by atoms with Gasteiger partial charge in [-0.1, -0.05) is 6.07 Å². The molecule has 112 valence electrons. The molecule has 1 N–H and O–H groups in total. The molecular formula is C16H15N3OS2. The van der Waals surface area contributed by atoms with Gasteiger partial charge in [-0.05, 0) is 43.8 Å². The maximum absolute atomic E-state index is 12.4. The van der Waals surface area contributed by atoms with E-state index in [4.69, 9.17) is 0 Å². The van der Waals surface area contributed by atoms with Crippen LogP contribution in [0.1, 0.15) is 27.4 Å². The van der Waals surface area contributed by atoms with Crippen molar-refractivity contribution in [3.05, 3.63) is 51.6 Å². The van der Waals surface area contributed by atoms with E-state index >= 15 is 0 Å². The van der Waals surface area contributed by atoms with Crippen LogP contribution in [0.3, 0.4) is 0 Å². The molecular weight excluding hydrogens is 314 g/mol. The number of hydrogen-bond donors (Lipinski definition) is 1. The summed E-state index contributed by atoms with van der Waals surface area (Å²) in [6.07, 6.45) is 0. The molecule has 0 saturated carbocycles. The lowest BCUT2D eigenvalue weighted by atomic mass is 10.1. The molecule has 1 amide bonds. The first-order valence-electron chi connectivity index (χ1n) is 6.80. The maximum atomic E-state index is 12.4. The van der Waals surface area contributed by atoms with Gasteiger partial charge in [-0.3, -0.25) is 9.78 Å². The largest absolute Gasteiger partial charge is 0.319 e. The van der Waals surface area contributed by atoms with Crippen molar-refractivity contribution in [2.45, 2.75) is 20.8 Å². The summed E-state index contributed by atoms with van der Waals surface area (Å²) < 4.78 is 0. The smallest absolute Gasteiger partial charge is 0.275 e. The Balaban J connectivity index is 1.84. The Labute approximate surface area is 136 Å². The van der Waals surface area contributed by atoms with Crippen LogP contribution >= 0.6 is 22.7 Å². The average molecular weight is 329 g/mol. The molecule has 0 fully saturated rings. The number of thiophene rings is 1. The van der Waals surface area contributed by atoms with Gasteiger partial charge in [0, 0.05) is 11.1 Å². The zero-order valence-corrected chi connectivity index (χ0v) is 14.1. The van der Waals surface area contributed by atoms with E-state index in [2.05, 4.69) is 15.3 Å². The topological polar surface area (TPSA) is 54.9 Å². The molecule has 3 aromatic rings. The van der Waals surface area contributed by atoms with Gasteiger partial charge in [0.2, 0.25) is 0 Å². The third-order valence-electron chi connectivity index (χ3n) is 3.23. The highest BCUT2D eigenvalue weighted by molar-refractivity contribution is 7.20. The van der Waals surface area contributed by atoms with Crippen LogP contribution in [-0.2, 0) is 0 Å². The van der Waals surface area contributed by atoms with Crippen molar-refractivity contribution >= 4 is 34.3 Å². The van der Waals surface area contributed by atoms with Crippen molar-refractivity contribution in [1.82, 2.24) is 9.97 Å². The van der Waals surface area contributed by atoms with E-state index in [1.54, 1.807) is 16.7 Å². The lowest BCUT2D eigenvalue weighted by Gasteiger charge is -2.10. The van der Waals surface area contributed by atoms with E-state index in [0.717, 1.165) is 32.5 Å². The van der Waals surface area contributed by atoms with Gasteiger partial charge in [0.05, 0.1) is 16.3 Å². The molecule has 0 saturated heterocycles. The first kappa shape index (κ1) is 14.9. The standard InChI is InChI=1S/C16H15N3OS2/c1-9-7-10(2)17-11(3)14(9)19-15(20)12-8-22-16(18-12)13-5-4-6-21-13/h4-8H,1-3H3,(H,19,20). The third kappa shape index (κ3) is 2.93. The number of amides is 1. The zero-order valence-electron chi connectivity index (χ0n) is 12.5. The number of hydrogen-bond acceptors (Lipinski definition) is 5. The number of aryl methyl sites for hydroxylation is 3. The fourth-order valence-electron chi connectivity index (χ4n) is 2.28. The molecule has 0 radical (unpaired) electrons. The maximum Gasteiger partial charge on any atom is 0.275 e. The minimum atomic E-state index is -0.198. The van der Waals surface area contributed by atoms with Crippen molar-refractivity contribution < 1.29 is 4.79 Å². The molecule has 0 aliphatic carbocycles. The molecule has 4 nitrogen and oxygen atoms in total. The number of anilines is 1. The average Bonchev–Trinajstić information content (AvgIpc) is 3.12. The highest BCUT2D eigenvalue weighted by Crippen LogP contribution is 2.28. The number of carbonyl (C=O) groups is 1. The summed E-state index contributed by atoms with van der Waals surface area (Å²) >= 11 is 3.10. The van der Waals surface area contributed by atoms with Gasteiger partial charge in [0.15, 0.2) is 0 Å². The Morgan fingerprint density at radius 2 is 2.00 bits per heavy atom. The van der Waals surface area contributed by atoms with Crippen LogP contribution in [0.25, 0.3) is 9.88 Å². The number of aromatic nitrogens is 2. The second-order valence-electron chi connectivity index (χ2n) is 5.01. The van der Waals surface area contributed by atoms with Crippen molar-refractivity contribution in [2.75, 3.05) is 5.32 Å². The van der Waals surface area contributed by atoms with Crippen LogP contribution in [0.4, 0.5) is 5.69 Å². The number of pyridine rings is 1. The van der Waals surface area contributed by atoms with Crippen LogP contribution in [0.5, 0.6) is 0 Å². The summed E-state index contributed by atoms with van der Waals surface area (Å²) in [5.41, 5.74) is 3.97. The minimum Gasteiger partial charge on any atom is -0.319 e. The third-order valence-corrected chi connectivity index (χ3v) is 5.11. The molecule has 0 spiro atoms. The molecule has 22 heavy (non-hydrogen) atoms. The van der Waals surface area contributed by atoms with Crippen molar-refractivity contribution in [2.24, 2.45) is 0 Å². The van der Waals surface area contributed by atoms with Gasteiger partial charge < -0.3 is 5.32 Å². The van der Waals surface area contributed by atoms with Crippen molar-refractivity contribution in [1.29, 1.82) is 0 Å². The fraction of sp³-hybridized carbons (Fsp3) is 0.188. The Bertz CT molecular complexity index is 799. The molecule has 6 heteroatoms. The molecule has 0 aliphatic rings. The second-order valence-corrected chi connectivity index (χ2v) is 6.82. The van der Waals surface area contributed by atoms with E-state index < -0.39 is 0 Å². The van der Waals surface area contributed by atoms with Crippen molar-refractivity contribution in [3.8, 4) is 9.88 Å². The van der Waals surface area contributed by atoms with E-state index in [-0.39, 0.29) is 5.91 Å². The van der Waals surface area contributed by atoms with Crippen LogP contribution in [-0.4, -0.2) is 15.9 Å². The van der Waals surface area contributed by atoms with E-state index in [1.807, 2.05) is 44.4 Å². The van der Waals surface area contributed by atoms with Crippen molar-refractivity contribution in [3.63, 3.8) is 0 Å². The highest BCUT2D eigenvalue weighted by Gasteiger charge is 2.15. The van der Waals surface area contributed by atoms with Crippen LogP contribution in [0.2, 0.25) is 0 Å².